The lowest BCUT2D eigenvalue weighted by Crippen LogP contribution is -1.87. The zero-order chi connectivity index (χ0) is 9.40. The summed E-state index contributed by atoms with van der Waals surface area (Å²) in [6, 6.07) is 7.79. The normalized spacial score (nSPS) is 7.83. The molecule has 0 atom stereocenters. The molecule has 0 saturated heterocycles. The number of hydrogen-bond donors (Lipinski definition) is 1. The summed E-state index contributed by atoms with van der Waals surface area (Å²) < 4.78 is 4.99. The fourth-order valence-corrected chi connectivity index (χ4v) is 0.758. The first-order valence-corrected chi connectivity index (χ1v) is 3.47. The van der Waals surface area contributed by atoms with Crippen LogP contribution in [0.4, 0.5) is 5.69 Å². The molecule has 1 aromatic carbocycles. The zero-order valence-corrected chi connectivity index (χ0v) is 7.33. The summed E-state index contributed by atoms with van der Waals surface area (Å²) in [4.78, 5) is 8.00. The Bertz CT molecular complexity index is 185. The minimum absolute atomic E-state index is 0.888. The third-order valence-electron chi connectivity index (χ3n) is 1.38. The average molecular weight is 167 g/mol. The minimum Gasteiger partial charge on any atom is -0.497 e. The summed E-state index contributed by atoms with van der Waals surface area (Å²) in [5.41, 5.74) is 1.10. The van der Waals surface area contributed by atoms with Gasteiger partial charge in [0.1, 0.15) is 12.5 Å². The van der Waals surface area contributed by atoms with E-state index in [0.717, 1.165) is 11.4 Å². The van der Waals surface area contributed by atoms with Gasteiger partial charge < -0.3 is 14.8 Å². The molecule has 1 rings (SSSR count). The maximum Gasteiger partial charge on any atom is 0.119 e. The zero-order valence-electron chi connectivity index (χ0n) is 7.33. The second kappa shape index (κ2) is 6.22. The Balaban J connectivity index is 0.000000561. The molecule has 0 unspecified atom stereocenters. The largest absolute Gasteiger partial charge is 0.497 e. The van der Waals surface area contributed by atoms with Crippen molar-refractivity contribution in [3.05, 3.63) is 24.3 Å². The summed E-state index contributed by atoms with van der Waals surface area (Å²) in [5, 5.41) is 3.02. The lowest BCUT2D eigenvalue weighted by molar-refractivity contribution is -0.0979. The standard InChI is InChI=1S/C8H11NO.CH2O/c1-9-7-3-5-8(10-2)6-4-7;1-2/h3-6,9H,1-2H3;1H2. The van der Waals surface area contributed by atoms with Gasteiger partial charge in [0.2, 0.25) is 0 Å². The van der Waals surface area contributed by atoms with Gasteiger partial charge in [0.25, 0.3) is 0 Å². The number of carbonyl (C=O) groups is 1. The van der Waals surface area contributed by atoms with Gasteiger partial charge in [0.05, 0.1) is 7.11 Å². The summed E-state index contributed by atoms with van der Waals surface area (Å²) >= 11 is 0. The van der Waals surface area contributed by atoms with Crippen molar-refractivity contribution in [2.45, 2.75) is 0 Å². The van der Waals surface area contributed by atoms with Crippen LogP contribution in [0, 0.1) is 0 Å². The van der Waals surface area contributed by atoms with Crippen molar-refractivity contribution < 1.29 is 9.53 Å². The monoisotopic (exact) mass is 167 g/mol. The number of carbonyl (C=O) groups excluding carboxylic acids is 1. The molecule has 0 fully saturated rings. The van der Waals surface area contributed by atoms with E-state index < -0.39 is 0 Å². The maximum atomic E-state index is 8.00. The summed E-state index contributed by atoms with van der Waals surface area (Å²) in [5.74, 6) is 0.888. The Morgan fingerprint density at radius 3 is 2.08 bits per heavy atom. The van der Waals surface area contributed by atoms with Crippen LogP contribution >= 0.6 is 0 Å². The first kappa shape index (κ1) is 10.5. The molecule has 0 radical (unpaired) electrons. The molecular formula is C9H13NO2. The van der Waals surface area contributed by atoms with E-state index in [0.29, 0.717) is 0 Å². The van der Waals surface area contributed by atoms with E-state index >= 15 is 0 Å². The quantitative estimate of drug-likeness (QED) is 0.726. The molecule has 0 amide bonds. The predicted octanol–water partition coefficient (Wildman–Crippen LogP) is 1.55. The predicted molar refractivity (Wildman–Crippen MR) is 49.7 cm³/mol. The van der Waals surface area contributed by atoms with Gasteiger partial charge in [0.15, 0.2) is 0 Å². The van der Waals surface area contributed by atoms with Gasteiger partial charge in [-0.1, -0.05) is 0 Å². The molecule has 0 spiro atoms. The van der Waals surface area contributed by atoms with Gasteiger partial charge in [0, 0.05) is 12.7 Å². The molecule has 0 heterocycles. The van der Waals surface area contributed by atoms with Gasteiger partial charge in [-0.25, -0.2) is 0 Å². The number of anilines is 1. The van der Waals surface area contributed by atoms with Crippen LogP contribution < -0.4 is 10.1 Å². The topological polar surface area (TPSA) is 38.3 Å². The SMILES string of the molecule is C=O.CNc1ccc(OC)cc1. The highest BCUT2D eigenvalue weighted by atomic mass is 16.5. The molecular weight excluding hydrogens is 154 g/mol. The molecule has 0 bridgehead atoms. The number of rotatable bonds is 2. The van der Waals surface area contributed by atoms with Gasteiger partial charge in [-0.05, 0) is 24.3 Å². The minimum atomic E-state index is 0.888. The molecule has 3 nitrogen and oxygen atoms in total. The van der Waals surface area contributed by atoms with Crippen LogP contribution in [0.15, 0.2) is 24.3 Å². The van der Waals surface area contributed by atoms with Crippen LogP contribution in [0.5, 0.6) is 5.75 Å². The second-order valence-corrected chi connectivity index (χ2v) is 1.98. The van der Waals surface area contributed by atoms with E-state index in [1.54, 1.807) is 7.11 Å². The second-order valence-electron chi connectivity index (χ2n) is 1.98. The fourth-order valence-electron chi connectivity index (χ4n) is 0.758. The molecule has 0 aliphatic heterocycles. The number of ether oxygens (including phenoxy) is 1. The Kier molecular flexibility index (Phi) is 5.43. The highest BCUT2D eigenvalue weighted by molar-refractivity contribution is 5.45. The third kappa shape index (κ3) is 3.05. The molecule has 1 N–H and O–H groups in total. The van der Waals surface area contributed by atoms with Crippen LogP contribution in [-0.2, 0) is 4.79 Å². The van der Waals surface area contributed by atoms with Crippen LogP contribution in [0.3, 0.4) is 0 Å². The Morgan fingerprint density at radius 1 is 1.25 bits per heavy atom. The first-order valence-electron chi connectivity index (χ1n) is 3.47. The molecule has 0 aliphatic carbocycles. The van der Waals surface area contributed by atoms with E-state index in [9.17, 15) is 0 Å². The maximum absolute atomic E-state index is 8.00. The molecule has 1 aromatic rings. The van der Waals surface area contributed by atoms with Crippen LogP contribution in [0.1, 0.15) is 0 Å². The van der Waals surface area contributed by atoms with E-state index in [1.165, 1.54) is 0 Å². The summed E-state index contributed by atoms with van der Waals surface area (Å²) in [6.07, 6.45) is 0. The van der Waals surface area contributed by atoms with Crippen molar-refractivity contribution >= 4 is 12.5 Å². The van der Waals surface area contributed by atoms with Crippen molar-refractivity contribution in [1.82, 2.24) is 0 Å². The number of hydrogen-bond acceptors (Lipinski definition) is 3. The molecule has 0 saturated carbocycles. The van der Waals surface area contributed by atoms with Crippen molar-refractivity contribution in [3.8, 4) is 5.75 Å². The third-order valence-corrected chi connectivity index (χ3v) is 1.38. The van der Waals surface area contributed by atoms with Crippen molar-refractivity contribution in [2.24, 2.45) is 0 Å². The van der Waals surface area contributed by atoms with E-state index in [4.69, 9.17) is 9.53 Å². The highest BCUT2D eigenvalue weighted by Gasteiger charge is 1.88. The lowest BCUT2D eigenvalue weighted by atomic mass is 10.3. The smallest absolute Gasteiger partial charge is 0.119 e. The van der Waals surface area contributed by atoms with Crippen LogP contribution in [0.25, 0.3) is 0 Å². The Morgan fingerprint density at radius 2 is 1.75 bits per heavy atom. The van der Waals surface area contributed by atoms with Gasteiger partial charge in [-0.3, -0.25) is 0 Å². The number of methoxy groups -OCH3 is 1. The van der Waals surface area contributed by atoms with Gasteiger partial charge in [-0.15, -0.1) is 0 Å². The van der Waals surface area contributed by atoms with Crippen molar-refractivity contribution in [3.63, 3.8) is 0 Å². The molecule has 3 heteroatoms. The average Bonchev–Trinajstić information content (AvgIpc) is 2.21. The molecule has 0 aliphatic rings. The number of nitrogens with one attached hydrogen (secondary N) is 1. The molecule has 66 valence electrons. The van der Waals surface area contributed by atoms with Gasteiger partial charge in [-0.2, -0.15) is 0 Å². The van der Waals surface area contributed by atoms with Crippen LogP contribution in [0.2, 0.25) is 0 Å². The molecule has 0 aromatic heterocycles. The van der Waals surface area contributed by atoms with E-state index in [-0.39, 0.29) is 0 Å². The number of benzene rings is 1. The van der Waals surface area contributed by atoms with E-state index in [2.05, 4.69) is 5.32 Å². The van der Waals surface area contributed by atoms with E-state index in [1.807, 2.05) is 38.1 Å². The van der Waals surface area contributed by atoms with Gasteiger partial charge >= 0.3 is 0 Å². The Hall–Kier alpha value is -1.51. The highest BCUT2D eigenvalue weighted by Crippen LogP contribution is 2.13. The molecule has 12 heavy (non-hydrogen) atoms. The van der Waals surface area contributed by atoms with Crippen molar-refractivity contribution in [2.75, 3.05) is 19.5 Å². The first-order chi connectivity index (χ1) is 5.86. The summed E-state index contributed by atoms with van der Waals surface area (Å²) in [6.45, 7) is 2.00. The van der Waals surface area contributed by atoms with Crippen molar-refractivity contribution in [1.29, 1.82) is 0 Å². The lowest BCUT2D eigenvalue weighted by Gasteiger charge is -2.00. The summed E-state index contributed by atoms with van der Waals surface area (Å²) in [7, 11) is 3.55. The van der Waals surface area contributed by atoms with Crippen LogP contribution in [-0.4, -0.2) is 20.9 Å². The fraction of sp³-hybridized carbons (Fsp3) is 0.222. The Labute approximate surface area is 72.4 Å².